The second-order valence-corrected chi connectivity index (χ2v) is 4.83. The Hall–Kier alpha value is -0.850. The van der Waals surface area contributed by atoms with Crippen LogP contribution in [-0.4, -0.2) is 5.78 Å². The normalized spacial score (nSPS) is 10.7. The van der Waals surface area contributed by atoms with Crippen molar-refractivity contribution in [3.8, 4) is 0 Å². The van der Waals surface area contributed by atoms with Crippen molar-refractivity contribution in [2.75, 3.05) is 0 Å². The molecule has 1 heteroatoms. The Morgan fingerprint density at radius 3 is 2.00 bits per heavy atom. The van der Waals surface area contributed by atoms with Gasteiger partial charge in [0.25, 0.3) is 0 Å². The lowest BCUT2D eigenvalue weighted by Crippen LogP contribution is -1.90. The van der Waals surface area contributed by atoms with Gasteiger partial charge in [-0.15, -0.1) is 0 Å². The quantitative estimate of drug-likeness (QED) is 0.260. The largest absolute Gasteiger partial charge is 0.295 e. The number of rotatable bonds is 10. The SMILES string of the molecule is CC=CC(=O)CCCCC.CCC/C=C/CCCC. The number of hydrogen-bond acceptors (Lipinski definition) is 1. The zero-order chi connectivity index (χ0) is 14.8. The maximum Gasteiger partial charge on any atom is 0.155 e. The summed E-state index contributed by atoms with van der Waals surface area (Å²) >= 11 is 0. The van der Waals surface area contributed by atoms with Crippen molar-refractivity contribution in [3.05, 3.63) is 24.3 Å². The van der Waals surface area contributed by atoms with Gasteiger partial charge in [-0.1, -0.05) is 71.1 Å². The Labute approximate surface area is 121 Å². The van der Waals surface area contributed by atoms with E-state index in [4.69, 9.17) is 0 Å². The van der Waals surface area contributed by atoms with E-state index in [2.05, 4.69) is 32.9 Å². The fourth-order valence-corrected chi connectivity index (χ4v) is 1.54. The highest BCUT2D eigenvalue weighted by atomic mass is 16.1. The summed E-state index contributed by atoms with van der Waals surface area (Å²) < 4.78 is 0. The van der Waals surface area contributed by atoms with Crippen LogP contribution in [0.1, 0.15) is 85.5 Å². The van der Waals surface area contributed by atoms with Crippen LogP contribution in [0.2, 0.25) is 0 Å². The molecule has 0 heterocycles. The molecule has 1 nitrogen and oxygen atoms in total. The van der Waals surface area contributed by atoms with Gasteiger partial charge in [0.05, 0.1) is 0 Å². The smallest absolute Gasteiger partial charge is 0.155 e. The van der Waals surface area contributed by atoms with Gasteiger partial charge in [-0.25, -0.2) is 0 Å². The summed E-state index contributed by atoms with van der Waals surface area (Å²) in [6.07, 6.45) is 18.6. The van der Waals surface area contributed by atoms with Crippen molar-refractivity contribution in [1.82, 2.24) is 0 Å². The second kappa shape index (κ2) is 19.5. The van der Waals surface area contributed by atoms with Crippen molar-refractivity contribution in [3.63, 3.8) is 0 Å². The predicted octanol–water partition coefficient (Wildman–Crippen LogP) is 6.24. The molecule has 0 unspecified atom stereocenters. The predicted molar refractivity (Wildman–Crippen MR) is 87.5 cm³/mol. The summed E-state index contributed by atoms with van der Waals surface area (Å²) in [6, 6.07) is 0. The molecule has 0 aromatic heterocycles. The fraction of sp³-hybridized carbons (Fsp3) is 0.722. The molecule has 0 rings (SSSR count). The highest BCUT2D eigenvalue weighted by Crippen LogP contribution is 1.99. The molecular formula is C18H34O. The Balaban J connectivity index is 0. The number of hydrogen-bond donors (Lipinski definition) is 0. The minimum atomic E-state index is 0.260. The molecule has 0 bridgehead atoms. The van der Waals surface area contributed by atoms with Gasteiger partial charge in [-0.3, -0.25) is 4.79 Å². The lowest BCUT2D eigenvalue weighted by atomic mass is 10.1. The van der Waals surface area contributed by atoms with Crippen molar-refractivity contribution in [1.29, 1.82) is 0 Å². The molecule has 112 valence electrons. The van der Waals surface area contributed by atoms with E-state index in [9.17, 15) is 4.79 Å². The number of unbranched alkanes of at least 4 members (excludes halogenated alkanes) is 5. The summed E-state index contributed by atoms with van der Waals surface area (Å²) in [5, 5.41) is 0. The Bertz CT molecular complexity index is 226. The first-order valence-corrected chi connectivity index (χ1v) is 8.03. The average Bonchev–Trinajstić information content (AvgIpc) is 2.40. The molecule has 0 amide bonds. The van der Waals surface area contributed by atoms with Gasteiger partial charge >= 0.3 is 0 Å². The number of carbonyl (C=O) groups excluding carboxylic acids is 1. The van der Waals surface area contributed by atoms with Crippen LogP contribution in [0.15, 0.2) is 24.3 Å². The van der Waals surface area contributed by atoms with E-state index in [1.54, 1.807) is 12.2 Å². The van der Waals surface area contributed by atoms with Crippen molar-refractivity contribution in [2.45, 2.75) is 85.5 Å². The second-order valence-electron chi connectivity index (χ2n) is 4.83. The zero-order valence-electron chi connectivity index (χ0n) is 13.6. The third-order valence-electron chi connectivity index (χ3n) is 2.73. The topological polar surface area (TPSA) is 17.1 Å². The van der Waals surface area contributed by atoms with Gasteiger partial charge in [-0.2, -0.15) is 0 Å². The van der Waals surface area contributed by atoms with Crippen LogP contribution < -0.4 is 0 Å². The van der Waals surface area contributed by atoms with Gasteiger partial charge in [0.2, 0.25) is 0 Å². The number of ketones is 1. The zero-order valence-corrected chi connectivity index (χ0v) is 13.6. The molecule has 0 aliphatic rings. The summed E-state index contributed by atoms with van der Waals surface area (Å²) in [7, 11) is 0. The van der Waals surface area contributed by atoms with Crippen molar-refractivity contribution in [2.24, 2.45) is 0 Å². The van der Waals surface area contributed by atoms with E-state index in [0.717, 1.165) is 12.8 Å². The molecule has 0 fully saturated rings. The standard InChI is InChI=1S/C9H16O.C9H18/c1-3-5-6-8-9(10)7-4-2;1-3-5-7-9-8-6-4-2/h4,7H,3,5-6,8H2,1-2H3;7,9H,3-6,8H2,1-2H3/b;9-7+. The summed E-state index contributed by atoms with van der Waals surface area (Å²) in [5.41, 5.74) is 0. The van der Waals surface area contributed by atoms with Crippen LogP contribution in [-0.2, 0) is 4.79 Å². The minimum Gasteiger partial charge on any atom is -0.295 e. The molecule has 0 spiro atoms. The Morgan fingerprint density at radius 2 is 1.47 bits per heavy atom. The van der Waals surface area contributed by atoms with Gasteiger partial charge < -0.3 is 0 Å². The molecule has 0 radical (unpaired) electrons. The number of carbonyl (C=O) groups is 1. The van der Waals surface area contributed by atoms with Crippen LogP contribution in [0.5, 0.6) is 0 Å². The molecule has 19 heavy (non-hydrogen) atoms. The molecule has 0 saturated heterocycles. The average molecular weight is 266 g/mol. The van der Waals surface area contributed by atoms with Gasteiger partial charge in [-0.05, 0) is 32.3 Å². The minimum absolute atomic E-state index is 0.260. The molecule has 0 saturated carbocycles. The molecular weight excluding hydrogens is 232 g/mol. The molecule has 0 aliphatic carbocycles. The lowest BCUT2D eigenvalue weighted by molar-refractivity contribution is -0.114. The van der Waals surface area contributed by atoms with Crippen LogP contribution in [0.3, 0.4) is 0 Å². The third kappa shape index (κ3) is 22.8. The maximum atomic E-state index is 10.8. The van der Waals surface area contributed by atoms with E-state index >= 15 is 0 Å². The van der Waals surface area contributed by atoms with Gasteiger partial charge in [0.15, 0.2) is 5.78 Å². The van der Waals surface area contributed by atoms with E-state index in [0.29, 0.717) is 0 Å². The monoisotopic (exact) mass is 266 g/mol. The first kappa shape index (κ1) is 20.5. The highest BCUT2D eigenvalue weighted by Gasteiger charge is 1.93. The van der Waals surface area contributed by atoms with E-state index in [1.807, 2.05) is 6.92 Å². The Morgan fingerprint density at radius 1 is 0.842 bits per heavy atom. The molecule has 0 aromatic carbocycles. The third-order valence-corrected chi connectivity index (χ3v) is 2.73. The summed E-state index contributed by atoms with van der Waals surface area (Å²) in [4.78, 5) is 10.8. The molecule has 0 atom stereocenters. The van der Waals surface area contributed by atoms with E-state index in [-0.39, 0.29) is 5.78 Å². The summed E-state index contributed by atoms with van der Waals surface area (Å²) in [5.74, 6) is 0.260. The first-order chi connectivity index (χ1) is 9.22. The fourth-order valence-electron chi connectivity index (χ4n) is 1.54. The van der Waals surface area contributed by atoms with Crippen LogP contribution in [0.25, 0.3) is 0 Å². The lowest BCUT2D eigenvalue weighted by Gasteiger charge is -1.92. The van der Waals surface area contributed by atoms with E-state index in [1.165, 1.54) is 44.9 Å². The Kier molecular flexibility index (Phi) is 21.0. The number of allylic oxidation sites excluding steroid dienone is 4. The van der Waals surface area contributed by atoms with Crippen LogP contribution >= 0.6 is 0 Å². The van der Waals surface area contributed by atoms with Crippen LogP contribution in [0, 0.1) is 0 Å². The highest BCUT2D eigenvalue weighted by molar-refractivity contribution is 5.89. The van der Waals surface area contributed by atoms with Crippen LogP contribution in [0.4, 0.5) is 0 Å². The van der Waals surface area contributed by atoms with Crippen molar-refractivity contribution >= 4 is 5.78 Å². The van der Waals surface area contributed by atoms with Gasteiger partial charge in [0.1, 0.15) is 0 Å². The van der Waals surface area contributed by atoms with E-state index < -0.39 is 0 Å². The molecule has 0 aromatic rings. The molecule has 0 N–H and O–H groups in total. The first-order valence-electron chi connectivity index (χ1n) is 8.03. The van der Waals surface area contributed by atoms with Crippen molar-refractivity contribution < 1.29 is 4.79 Å². The summed E-state index contributed by atoms with van der Waals surface area (Å²) in [6.45, 7) is 8.45. The maximum absolute atomic E-state index is 10.8. The molecule has 0 aliphatic heterocycles. The van der Waals surface area contributed by atoms with Gasteiger partial charge in [0, 0.05) is 6.42 Å².